The van der Waals surface area contributed by atoms with Crippen LogP contribution in [0.1, 0.15) is 64.7 Å². The lowest BCUT2D eigenvalue weighted by Gasteiger charge is -2.17. The van der Waals surface area contributed by atoms with Crippen molar-refractivity contribution in [2.75, 3.05) is 14.1 Å². The lowest BCUT2D eigenvalue weighted by molar-refractivity contribution is 0.0313. The molecule has 2 nitrogen and oxygen atoms in total. The molecule has 0 aliphatic rings. The summed E-state index contributed by atoms with van der Waals surface area (Å²) in [6, 6.07) is 0. The summed E-state index contributed by atoms with van der Waals surface area (Å²) in [4.78, 5) is 1.88. The van der Waals surface area contributed by atoms with E-state index >= 15 is 0 Å². The third kappa shape index (κ3) is 10.2. The van der Waals surface area contributed by atoms with Crippen LogP contribution in [0.3, 0.4) is 0 Å². The number of aliphatic hydroxyl groups excluding tert-OH is 1. The topological polar surface area (TPSA) is 23.5 Å². The maximum atomic E-state index is 9.53. The second-order valence-corrected chi connectivity index (χ2v) is 4.71. The van der Waals surface area contributed by atoms with Crippen molar-refractivity contribution in [2.24, 2.45) is 0 Å². The molecule has 1 N–H and O–H groups in total. The Balaban J connectivity index is 3.05. The molecule has 15 heavy (non-hydrogen) atoms. The number of aliphatic hydroxyl groups is 1. The van der Waals surface area contributed by atoms with Crippen LogP contribution in [0.2, 0.25) is 0 Å². The van der Waals surface area contributed by atoms with Gasteiger partial charge in [0.1, 0.15) is 6.23 Å². The molecule has 0 spiro atoms. The van der Waals surface area contributed by atoms with Crippen molar-refractivity contribution in [1.82, 2.24) is 4.90 Å². The van der Waals surface area contributed by atoms with Crippen LogP contribution < -0.4 is 0 Å². The first kappa shape index (κ1) is 14.9. The van der Waals surface area contributed by atoms with E-state index in [4.69, 9.17) is 0 Å². The van der Waals surface area contributed by atoms with Crippen LogP contribution in [0.4, 0.5) is 0 Å². The van der Waals surface area contributed by atoms with Crippen molar-refractivity contribution in [3.05, 3.63) is 0 Å². The molecule has 0 heterocycles. The Morgan fingerprint density at radius 1 is 0.867 bits per heavy atom. The number of hydrogen-bond acceptors (Lipinski definition) is 2. The quantitative estimate of drug-likeness (QED) is 0.446. The van der Waals surface area contributed by atoms with Crippen LogP contribution in [-0.4, -0.2) is 30.3 Å². The molecule has 0 aliphatic carbocycles. The molecule has 0 saturated heterocycles. The Hall–Kier alpha value is -0.0800. The van der Waals surface area contributed by atoms with E-state index in [2.05, 4.69) is 6.92 Å². The van der Waals surface area contributed by atoms with Crippen molar-refractivity contribution >= 4 is 0 Å². The molecule has 1 unspecified atom stereocenters. The summed E-state index contributed by atoms with van der Waals surface area (Å²) in [5.41, 5.74) is 0. The Morgan fingerprint density at radius 2 is 1.33 bits per heavy atom. The van der Waals surface area contributed by atoms with E-state index in [-0.39, 0.29) is 6.23 Å². The minimum absolute atomic E-state index is 0.245. The Bertz CT molecular complexity index is 126. The fourth-order valence-electron chi connectivity index (χ4n) is 1.72. The van der Waals surface area contributed by atoms with E-state index in [0.29, 0.717) is 0 Å². The lowest BCUT2D eigenvalue weighted by Crippen LogP contribution is -2.27. The summed E-state index contributed by atoms with van der Waals surface area (Å²) >= 11 is 0. The predicted molar refractivity (Wildman–Crippen MR) is 66.9 cm³/mol. The van der Waals surface area contributed by atoms with E-state index in [1.54, 1.807) is 0 Å². The molecule has 0 radical (unpaired) electrons. The number of hydrogen-bond donors (Lipinski definition) is 1. The lowest BCUT2D eigenvalue weighted by atomic mass is 10.1. The molecular weight excluding hydrogens is 186 g/mol. The first-order valence-electron chi connectivity index (χ1n) is 6.53. The third-order valence-electron chi connectivity index (χ3n) is 2.91. The largest absolute Gasteiger partial charge is 0.378 e. The molecule has 1 atom stereocenters. The van der Waals surface area contributed by atoms with E-state index in [9.17, 15) is 5.11 Å². The third-order valence-corrected chi connectivity index (χ3v) is 2.91. The highest BCUT2D eigenvalue weighted by atomic mass is 16.3. The number of unbranched alkanes of at least 4 members (excludes halogenated alkanes) is 7. The van der Waals surface area contributed by atoms with Gasteiger partial charge in [-0.2, -0.15) is 0 Å². The van der Waals surface area contributed by atoms with Gasteiger partial charge in [-0.15, -0.1) is 0 Å². The van der Waals surface area contributed by atoms with E-state index in [0.717, 1.165) is 12.8 Å². The summed E-state index contributed by atoms with van der Waals surface area (Å²) in [6.45, 7) is 2.25. The molecule has 0 aromatic carbocycles. The van der Waals surface area contributed by atoms with Gasteiger partial charge < -0.3 is 5.11 Å². The zero-order valence-electron chi connectivity index (χ0n) is 10.8. The molecular formula is C13H29NO. The van der Waals surface area contributed by atoms with Crippen molar-refractivity contribution < 1.29 is 5.11 Å². The average molecular weight is 215 g/mol. The van der Waals surface area contributed by atoms with Gasteiger partial charge in [-0.05, 0) is 26.9 Å². The van der Waals surface area contributed by atoms with Crippen LogP contribution in [0.25, 0.3) is 0 Å². The summed E-state index contributed by atoms with van der Waals surface area (Å²) in [6.07, 6.45) is 11.3. The molecule has 92 valence electrons. The minimum Gasteiger partial charge on any atom is -0.378 e. The zero-order chi connectivity index (χ0) is 11.5. The van der Waals surface area contributed by atoms with E-state index < -0.39 is 0 Å². The summed E-state index contributed by atoms with van der Waals surface area (Å²) in [7, 11) is 3.85. The molecule has 2 heteroatoms. The van der Waals surface area contributed by atoms with Crippen molar-refractivity contribution in [1.29, 1.82) is 0 Å². The normalized spacial score (nSPS) is 13.4. The number of rotatable bonds is 10. The fraction of sp³-hybridized carbons (Fsp3) is 1.00. The SMILES string of the molecule is CCCCCCCCCCC(O)N(C)C. The summed E-state index contributed by atoms with van der Waals surface area (Å²) < 4.78 is 0. The molecule has 0 bridgehead atoms. The van der Waals surface area contributed by atoms with Gasteiger partial charge in [-0.3, -0.25) is 4.90 Å². The number of nitrogens with zero attached hydrogens (tertiary/aromatic N) is 1. The Morgan fingerprint density at radius 3 is 1.80 bits per heavy atom. The zero-order valence-corrected chi connectivity index (χ0v) is 10.8. The monoisotopic (exact) mass is 215 g/mol. The molecule has 0 aliphatic heterocycles. The second-order valence-electron chi connectivity index (χ2n) is 4.71. The van der Waals surface area contributed by atoms with Gasteiger partial charge in [-0.1, -0.05) is 51.9 Å². The highest BCUT2D eigenvalue weighted by Crippen LogP contribution is 2.10. The van der Waals surface area contributed by atoms with Gasteiger partial charge in [0.2, 0.25) is 0 Å². The van der Waals surface area contributed by atoms with Gasteiger partial charge >= 0.3 is 0 Å². The fourth-order valence-corrected chi connectivity index (χ4v) is 1.72. The summed E-state index contributed by atoms with van der Waals surface area (Å²) in [5, 5.41) is 9.53. The Labute approximate surface area is 95.7 Å². The maximum absolute atomic E-state index is 9.53. The van der Waals surface area contributed by atoms with Crippen LogP contribution in [-0.2, 0) is 0 Å². The molecule has 0 rings (SSSR count). The smallest absolute Gasteiger partial charge is 0.106 e. The van der Waals surface area contributed by atoms with Gasteiger partial charge in [-0.25, -0.2) is 0 Å². The molecule has 0 aromatic heterocycles. The van der Waals surface area contributed by atoms with Gasteiger partial charge in [0, 0.05) is 0 Å². The van der Waals surface area contributed by atoms with Crippen LogP contribution in [0.5, 0.6) is 0 Å². The first-order chi connectivity index (χ1) is 7.18. The highest BCUT2D eigenvalue weighted by Gasteiger charge is 2.04. The molecule has 0 aromatic rings. The first-order valence-corrected chi connectivity index (χ1v) is 6.53. The Kier molecular flexibility index (Phi) is 10.4. The van der Waals surface area contributed by atoms with E-state index in [1.807, 2.05) is 19.0 Å². The van der Waals surface area contributed by atoms with Crippen LogP contribution in [0.15, 0.2) is 0 Å². The second kappa shape index (κ2) is 10.4. The predicted octanol–water partition coefficient (Wildman–Crippen LogP) is 3.40. The highest BCUT2D eigenvalue weighted by molar-refractivity contribution is 4.53. The van der Waals surface area contributed by atoms with Gasteiger partial charge in [0.15, 0.2) is 0 Å². The van der Waals surface area contributed by atoms with Crippen molar-refractivity contribution in [2.45, 2.75) is 70.9 Å². The standard InChI is InChI=1S/C13H29NO/c1-4-5-6-7-8-9-10-11-12-13(15)14(2)3/h13,15H,4-12H2,1-3H3. The summed E-state index contributed by atoms with van der Waals surface area (Å²) in [5.74, 6) is 0. The minimum atomic E-state index is -0.245. The van der Waals surface area contributed by atoms with Gasteiger partial charge in [0.05, 0.1) is 0 Å². The molecule has 0 fully saturated rings. The van der Waals surface area contributed by atoms with Crippen molar-refractivity contribution in [3.8, 4) is 0 Å². The maximum Gasteiger partial charge on any atom is 0.106 e. The molecule has 0 amide bonds. The average Bonchev–Trinajstić information content (AvgIpc) is 2.21. The van der Waals surface area contributed by atoms with Crippen molar-refractivity contribution in [3.63, 3.8) is 0 Å². The van der Waals surface area contributed by atoms with Gasteiger partial charge in [0.25, 0.3) is 0 Å². The van der Waals surface area contributed by atoms with Crippen LogP contribution >= 0.6 is 0 Å². The van der Waals surface area contributed by atoms with E-state index in [1.165, 1.54) is 44.9 Å². The van der Waals surface area contributed by atoms with Crippen LogP contribution in [0, 0.1) is 0 Å². The molecule has 0 saturated carbocycles.